The van der Waals surface area contributed by atoms with Crippen LogP contribution in [-0.2, 0) is 14.4 Å². The molecule has 2 amide bonds. The van der Waals surface area contributed by atoms with Crippen molar-refractivity contribution >= 4 is 47.1 Å². The van der Waals surface area contributed by atoms with Gasteiger partial charge < -0.3 is 4.74 Å². The maximum absolute atomic E-state index is 13.6. The third-order valence-electron chi connectivity index (χ3n) is 6.04. The molecule has 2 aromatic carbocycles. The molecular formula is C24H18ClN3O5. The number of halogens is 1. The van der Waals surface area contributed by atoms with Crippen molar-refractivity contribution in [1.82, 2.24) is 5.01 Å². The smallest absolute Gasteiger partial charge is 0.308 e. The van der Waals surface area contributed by atoms with Crippen molar-refractivity contribution in [1.29, 1.82) is 0 Å². The molecular weight excluding hydrogens is 446 g/mol. The largest absolute Gasteiger partial charge is 0.427 e. The Kier molecular flexibility index (Phi) is 5.09. The van der Waals surface area contributed by atoms with Crippen LogP contribution < -0.4 is 9.64 Å². The fraction of sp³-hybridized carbons (Fsp3) is 0.208. The Morgan fingerprint density at radius 1 is 0.970 bits per heavy atom. The van der Waals surface area contributed by atoms with E-state index in [0.717, 1.165) is 4.90 Å². The number of amides is 2. The molecule has 3 heterocycles. The van der Waals surface area contributed by atoms with Crippen molar-refractivity contribution in [2.45, 2.75) is 19.0 Å². The van der Waals surface area contributed by atoms with Gasteiger partial charge in [-0.05, 0) is 54.6 Å². The SMILES string of the molecule is CC(=O)Oc1ccc(C(=O)[C@H]2[C@H]3C(=O)N(c4ccc(Cl)cc4)C(=O)[C@H]3[C@@H]3C=CC=NN32)cc1. The van der Waals surface area contributed by atoms with Crippen molar-refractivity contribution < 1.29 is 23.9 Å². The molecule has 5 rings (SSSR count). The van der Waals surface area contributed by atoms with E-state index < -0.39 is 35.8 Å². The summed E-state index contributed by atoms with van der Waals surface area (Å²) in [7, 11) is 0. The van der Waals surface area contributed by atoms with Crippen LogP contribution in [0.1, 0.15) is 17.3 Å². The van der Waals surface area contributed by atoms with E-state index in [1.165, 1.54) is 37.4 Å². The number of benzene rings is 2. The molecule has 2 aromatic rings. The first-order valence-electron chi connectivity index (χ1n) is 10.3. The quantitative estimate of drug-likeness (QED) is 0.299. The highest BCUT2D eigenvalue weighted by molar-refractivity contribution is 6.31. The highest BCUT2D eigenvalue weighted by atomic mass is 35.5. The number of allylic oxidation sites excluding steroid dienone is 1. The lowest BCUT2D eigenvalue weighted by atomic mass is 9.86. The normalized spacial score (nSPS) is 25.3. The number of imide groups is 1. The van der Waals surface area contributed by atoms with Crippen molar-refractivity contribution in [2.75, 3.05) is 4.90 Å². The summed E-state index contributed by atoms with van der Waals surface area (Å²) in [5, 5.41) is 6.36. The Hall–Kier alpha value is -3.78. The molecule has 0 aliphatic carbocycles. The topological polar surface area (TPSA) is 96.3 Å². The molecule has 0 radical (unpaired) electrons. The summed E-state index contributed by atoms with van der Waals surface area (Å²) in [4.78, 5) is 52.8. The summed E-state index contributed by atoms with van der Waals surface area (Å²) in [5.41, 5.74) is 0.737. The molecule has 2 fully saturated rings. The highest BCUT2D eigenvalue weighted by Gasteiger charge is 2.64. The van der Waals surface area contributed by atoms with Gasteiger partial charge in [0.1, 0.15) is 11.8 Å². The van der Waals surface area contributed by atoms with Crippen LogP contribution in [0, 0.1) is 11.8 Å². The van der Waals surface area contributed by atoms with Gasteiger partial charge in [0.25, 0.3) is 0 Å². The van der Waals surface area contributed by atoms with Crippen LogP contribution in [0.4, 0.5) is 5.69 Å². The number of rotatable bonds is 4. The summed E-state index contributed by atoms with van der Waals surface area (Å²) in [6.45, 7) is 1.29. The molecule has 0 spiro atoms. The number of carbonyl (C=O) groups excluding carboxylic acids is 4. The molecule has 0 N–H and O–H groups in total. The minimum Gasteiger partial charge on any atom is -0.427 e. The Labute approximate surface area is 194 Å². The third-order valence-corrected chi connectivity index (χ3v) is 6.30. The first-order valence-corrected chi connectivity index (χ1v) is 10.7. The lowest BCUT2D eigenvalue weighted by Crippen LogP contribution is -2.46. The highest BCUT2D eigenvalue weighted by Crippen LogP contribution is 2.46. The first-order chi connectivity index (χ1) is 15.9. The Morgan fingerprint density at radius 2 is 1.64 bits per heavy atom. The van der Waals surface area contributed by atoms with Gasteiger partial charge in [-0.1, -0.05) is 17.7 Å². The summed E-state index contributed by atoms with van der Waals surface area (Å²) < 4.78 is 5.02. The minimum absolute atomic E-state index is 0.307. The van der Waals surface area contributed by atoms with Crippen molar-refractivity contribution in [3.63, 3.8) is 0 Å². The lowest BCUT2D eigenvalue weighted by Gasteiger charge is -2.30. The Bertz CT molecular complexity index is 1220. The van der Waals surface area contributed by atoms with Crippen molar-refractivity contribution in [3.8, 4) is 5.75 Å². The van der Waals surface area contributed by atoms with Crippen LogP contribution in [0.25, 0.3) is 0 Å². The molecule has 2 saturated heterocycles. The number of hydrazone groups is 1. The fourth-order valence-corrected chi connectivity index (χ4v) is 4.83. The summed E-state index contributed by atoms with van der Waals surface area (Å²) in [6, 6.07) is 11.1. The third kappa shape index (κ3) is 3.43. The van der Waals surface area contributed by atoms with Crippen LogP contribution in [0.15, 0.2) is 65.8 Å². The fourth-order valence-electron chi connectivity index (χ4n) is 4.71. The molecule has 8 nitrogen and oxygen atoms in total. The standard InChI is InChI=1S/C24H18ClN3O5/c1-13(29)33-17-10-4-14(5-11-17)22(30)21-20-19(18-3-2-12-26-28(18)21)23(31)27(24(20)32)16-8-6-15(25)7-9-16/h2-12,18-21H,1H3/t18-,19-,20-,21+/m0/s1. The van der Waals surface area contributed by atoms with E-state index in [2.05, 4.69) is 5.10 Å². The zero-order valence-electron chi connectivity index (χ0n) is 17.4. The predicted octanol–water partition coefficient (Wildman–Crippen LogP) is 2.86. The number of Topliss-reactive ketones (excluding diaryl/α,β-unsaturated/α-hetero) is 1. The summed E-state index contributed by atoms with van der Waals surface area (Å²) >= 11 is 5.96. The van der Waals surface area contributed by atoms with Crippen LogP contribution in [-0.4, -0.2) is 46.9 Å². The van der Waals surface area contributed by atoms with E-state index in [0.29, 0.717) is 22.0 Å². The number of carbonyl (C=O) groups is 4. The van der Waals surface area contributed by atoms with E-state index >= 15 is 0 Å². The summed E-state index contributed by atoms with van der Waals surface area (Å²) in [6.07, 6.45) is 5.04. The first kappa shape index (κ1) is 21.1. The Morgan fingerprint density at radius 3 is 2.30 bits per heavy atom. The maximum atomic E-state index is 13.6. The Balaban J connectivity index is 1.51. The van der Waals surface area contributed by atoms with Gasteiger partial charge in [-0.3, -0.25) is 24.2 Å². The van der Waals surface area contributed by atoms with Crippen LogP contribution in [0.3, 0.4) is 0 Å². The van der Waals surface area contributed by atoms with Crippen molar-refractivity contribution in [2.24, 2.45) is 16.9 Å². The maximum Gasteiger partial charge on any atom is 0.308 e. The number of anilines is 1. The van der Waals surface area contributed by atoms with Gasteiger partial charge in [0.15, 0.2) is 5.78 Å². The molecule has 4 atom stereocenters. The van der Waals surface area contributed by atoms with E-state index in [9.17, 15) is 19.2 Å². The van der Waals surface area contributed by atoms with E-state index in [1.807, 2.05) is 0 Å². The molecule has 3 aliphatic heterocycles. The lowest BCUT2D eigenvalue weighted by molar-refractivity contribution is -0.132. The number of nitrogens with zero attached hydrogens (tertiary/aromatic N) is 3. The monoisotopic (exact) mass is 463 g/mol. The molecule has 0 bridgehead atoms. The predicted molar refractivity (Wildman–Crippen MR) is 120 cm³/mol. The molecule has 166 valence electrons. The number of fused-ring (bicyclic) bond motifs is 3. The number of hydrogen-bond donors (Lipinski definition) is 0. The number of ketones is 1. The van der Waals surface area contributed by atoms with E-state index in [1.54, 1.807) is 41.4 Å². The van der Waals surface area contributed by atoms with Gasteiger partial charge in [0.2, 0.25) is 11.8 Å². The average molecular weight is 464 g/mol. The van der Waals surface area contributed by atoms with Crippen LogP contribution in [0.2, 0.25) is 5.02 Å². The second-order valence-electron chi connectivity index (χ2n) is 7.99. The second kappa shape index (κ2) is 7.97. The van der Waals surface area contributed by atoms with Gasteiger partial charge in [0, 0.05) is 23.7 Å². The van der Waals surface area contributed by atoms with E-state index in [4.69, 9.17) is 16.3 Å². The van der Waals surface area contributed by atoms with E-state index in [-0.39, 0.29) is 11.7 Å². The van der Waals surface area contributed by atoms with Gasteiger partial charge in [0.05, 0.1) is 23.6 Å². The molecule has 0 saturated carbocycles. The van der Waals surface area contributed by atoms with Crippen LogP contribution in [0.5, 0.6) is 5.75 Å². The van der Waals surface area contributed by atoms with Gasteiger partial charge >= 0.3 is 5.97 Å². The number of esters is 1. The minimum atomic E-state index is -0.950. The zero-order valence-corrected chi connectivity index (χ0v) is 18.2. The second-order valence-corrected chi connectivity index (χ2v) is 8.42. The van der Waals surface area contributed by atoms with Crippen molar-refractivity contribution in [3.05, 3.63) is 71.3 Å². The molecule has 0 unspecified atom stereocenters. The zero-order chi connectivity index (χ0) is 23.3. The average Bonchev–Trinajstić information content (AvgIpc) is 3.27. The number of hydrogen-bond acceptors (Lipinski definition) is 7. The van der Waals surface area contributed by atoms with Crippen LogP contribution >= 0.6 is 11.6 Å². The molecule has 0 aromatic heterocycles. The molecule has 33 heavy (non-hydrogen) atoms. The molecule has 3 aliphatic rings. The van der Waals surface area contributed by atoms with Gasteiger partial charge in [-0.15, -0.1) is 0 Å². The molecule has 9 heteroatoms. The number of ether oxygens (including phenoxy) is 1. The van der Waals surface area contributed by atoms with Gasteiger partial charge in [-0.25, -0.2) is 4.90 Å². The van der Waals surface area contributed by atoms with Gasteiger partial charge in [-0.2, -0.15) is 5.10 Å². The summed E-state index contributed by atoms with van der Waals surface area (Å²) in [5.74, 6) is -2.95.